The van der Waals surface area contributed by atoms with Crippen LogP contribution >= 0.6 is 0 Å². The van der Waals surface area contributed by atoms with Crippen LogP contribution in [0.25, 0.3) is 0 Å². The molecule has 2 N–H and O–H groups in total. The molecular weight excluding hydrogens is 208 g/mol. The lowest BCUT2D eigenvalue weighted by molar-refractivity contribution is -0.139. The highest BCUT2D eigenvalue weighted by Gasteiger charge is 2.18. The molecular formula is C11H20N2O3. The Bertz CT molecular complexity index is 237. The second-order valence-electron chi connectivity index (χ2n) is 3.95. The molecule has 0 aromatic rings. The lowest BCUT2D eigenvalue weighted by atomic mass is 10.2. The molecule has 0 aromatic carbocycles. The largest absolute Gasteiger partial charge is 0.376 e. The SMILES string of the molecule is CCCCNC(=O)C(=O)NC[C@H]1CCCO1. The topological polar surface area (TPSA) is 67.4 Å². The first-order valence-corrected chi connectivity index (χ1v) is 5.91. The molecule has 2 amide bonds. The molecule has 0 spiro atoms. The van der Waals surface area contributed by atoms with Gasteiger partial charge in [-0.2, -0.15) is 0 Å². The zero-order chi connectivity index (χ0) is 11.8. The third-order valence-electron chi connectivity index (χ3n) is 2.54. The van der Waals surface area contributed by atoms with Gasteiger partial charge in [0.15, 0.2) is 0 Å². The number of unbranched alkanes of at least 4 members (excludes halogenated alkanes) is 1. The van der Waals surface area contributed by atoms with E-state index < -0.39 is 11.8 Å². The maximum Gasteiger partial charge on any atom is 0.309 e. The Morgan fingerprint density at radius 3 is 2.69 bits per heavy atom. The second-order valence-corrected chi connectivity index (χ2v) is 3.95. The van der Waals surface area contributed by atoms with Gasteiger partial charge in [-0.1, -0.05) is 13.3 Å². The number of amides is 2. The molecule has 1 saturated heterocycles. The molecule has 1 atom stereocenters. The summed E-state index contributed by atoms with van der Waals surface area (Å²) in [6.07, 6.45) is 3.95. The van der Waals surface area contributed by atoms with Crippen LogP contribution < -0.4 is 10.6 Å². The van der Waals surface area contributed by atoms with Gasteiger partial charge in [0, 0.05) is 19.7 Å². The van der Waals surface area contributed by atoms with Crippen molar-refractivity contribution in [1.29, 1.82) is 0 Å². The highest BCUT2D eigenvalue weighted by molar-refractivity contribution is 6.35. The summed E-state index contributed by atoms with van der Waals surface area (Å²) in [5, 5.41) is 5.14. The number of hydrogen-bond donors (Lipinski definition) is 2. The normalized spacial score (nSPS) is 19.4. The van der Waals surface area contributed by atoms with Gasteiger partial charge in [-0.05, 0) is 19.3 Å². The van der Waals surface area contributed by atoms with Crippen molar-refractivity contribution in [3.05, 3.63) is 0 Å². The molecule has 0 radical (unpaired) electrons. The molecule has 0 aromatic heterocycles. The first kappa shape index (κ1) is 13.0. The van der Waals surface area contributed by atoms with Gasteiger partial charge in [-0.3, -0.25) is 9.59 Å². The Labute approximate surface area is 95.9 Å². The fourth-order valence-corrected chi connectivity index (χ4v) is 1.55. The van der Waals surface area contributed by atoms with E-state index >= 15 is 0 Å². The first-order valence-electron chi connectivity index (χ1n) is 5.91. The Kier molecular flexibility index (Phi) is 5.85. The van der Waals surface area contributed by atoms with Crippen LogP contribution in [0.2, 0.25) is 0 Å². The molecule has 1 heterocycles. The molecule has 0 unspecified atom stereocenters. The van der Waals surface area contributed by atoms with E-state index in [1.807, 2.05) is 6.92 Å². The molecule has 1 aliphatic heterocycles. The molecule has 1 rings (SSSR count). The summed E-state index contributed by atoms with van der Waals surface area (Å²) in [6.45, 7) is 3.77. The van der Waals surface area contributed by atoms with Gasteiger partial charge >= 0.3 is 11.8 Å². The van der Waals surface area contributed by atoms with Gasteiger partial charge in [0.05, 0.1) is 6.10 Å². The predicted molar refractivity (Wildman–Crippen MR) is 59.9 cm³/mol. The van der Waals surface area contributed by atoms with E-state index in [1.165, 1.54) is 0 Å². The fourth-order valence-electron chi connectivity index (χ4n) is 1.55. The Hall–Kier alpha value is -1.10. The highest BCUT2D eigenvalue weighted by Crippen LogP contribution is 2.10. The van der Waals surface area contributed by atoms with E-state index in [9.17, 15) is 9.59 Å². The maximum absolute atomic E-state index is 11.3. The number of carbonyl (C=O) groups excluding carboxylic acids is 2. The maximum atomic E-state index is 11.3. The third kappa shape index (κ3) is 4.61. The Balaban J connectivity index is 2.10. The minimum absolute atomic E-state index is 0.0763. The Morgan fingerprint density at radius 1 is 1.31 bits per heavy atom. The average molecular weight is 228 g/mol. The minimum atomic E-state index is -0.563. The molecule has 16 heavy (non-hydrogen) atoms. The van der Waals surface area contributed by atoms with E-state index in [2.05, 4.69) is 10.6 Å². The number of carbonyl (C=O) groups is 2. The van der Waals surface area contributed by atoms with E-state index in [0.29, 0.717) is 13.1 Å². The van der Waals surface area contributed by atoms with Gasteiger partial charge in [0.1, 0.15) is 0 Å². The average Bonchev–Trinajstić information content (AvgIpc) is 2.79. The number of hydrogen-bond acceptors (Lipinski definition) is 3. The third-order valence-corrected chi connectivity index (χ3v) is 2.54. The van der Waals surface area contributed by atoms with Gasteiger partial charge in [0.25, 0.3) is 0 Å². The van der Waals surface area contributed by atoms with Crippen molar-refractivity contribution in [3.8, 4) is 0 Å². The Morgan fingerprint density at radius 2 is 2.06 bits per heavy atom. The zero-order valence-electron chi connectivity index (χ0n) is 9.75. The first-order chi connectivity index (χ1) is 7.74. The van der Waals surface area contributed by atoms with Crippen LogP contribution in [0.15, 0.2) is 0 Å². The van der Waals surface area contributed by atoms with Gasteiger partial charge < -0.3 is 15.4 Å². The number of rotatable bonds is 5. The molecule has 92 valence electrons. The van der Waals surface area contributed by atoms with Crippen LogP contribution in [-0.2, 0) is 14.3 Å². The standard InChI is InChI=1S/C11H20N2O3/c1-2-3-6-12-10(14)11(15)13-8-9-5-4-7-16-9/h9H,2-8H2,1H3,(H,12,14)(H,13,15)/t9-/m1/s1. The quantitative estimate of drug-likeness (QED) is 0.521. The van der Waals surface area contributed by atoms with E-state index in [4.69, 9.17) is 4.74 Å². The lowest BCUT2D eigenvalue weighted by Gasteiger charge is -2.10. The van der Waals surface area contributed by atoms with Gasteiger partial charge in [-0.15, -0.1) is 0 Å². The summed E-state index contributed by atoms with van der Waals surface area (Å²) in [5.41, 5.74) is 0. The summed E-state index contributed by atoms with van der Waals surface area (Å²) < 4.78 is 5.34. The van der Waals surface area contributed by atoms with E-state index in [0.717, 1.165) is 32.3 Å². The summed E-state index contributed by atoms with van der Waals surface area (Å²) in [5.74, 6) is -1.11. The van der Waals surface area contributed by atoms with Crippen LogP contribution in [-0.4, -0.2) is 37.6 Å². The van der Waals surface area contributed by atoms with Crippen LogP contribution in [0.4, 0.5) is 0 Å². The zero-order valence-corrected chi connectivity index (χ0v) is 9.75. The molecule has 5 heteroatoms. The summed E-state index contributed by atoms with van der Waals surface area (Å²) in [6, 6.07) is 0. The number of nitrogens with one attached hydrogen (secondary N) is 2. The fraction of sp³-hybridized carbons (Fsp3) is 0.818. The van der Waals surface area contributed by atoms with Crippen molar-refractivity contribution in [3.63, 3.8) is 0 Å². The number of ether oxygens (including phenoxy) is 1. The monoisotopic (exact) mass is 228 g/mol. The smallest absolute Gasteiger partial charge is 0.309 e. The summed E-state index contributed by atoms with van der Waals surface area (Å²) in [4.78, 5) is 22.6. The van der Waals surface area contributed by atoms with Crippen molar-refractivity contribution in [2.24, 2.45) is 0 Å². The predicted octanol–water partition coefficient (Wildman–Crippen LogP) is 0.198. The van der Waals surface area contributed by atoms with Crippen molar-refractivity contribution in [2.45, 2.75) is 38.7 Å². The van der Waals surface area contributed by atoms with Gasteiger partial charge in [-0.25, -0.2) is 0 Å². The molecule has 1 aliphatic rings. The van der Waals surface area contributed by atoms with Crippen molar-refractivity contribution in [1.82, 2.24) is 10.6 Å². The lowest BCUT2D eigenvalue weighted by Crippen LogP contribution is -2.42. The van der Waals surface area contributed by atoms with E-state index in [1.54, 1.807) is 0 Å². The van der Waals surface area contributed by atoms with Gasteiger partial charge in [0.2, 0.25) is 0 Å². The van der Waals surface area contributed by atoms with Crippen LogP contribution in [0, 0.1) is 0 Å². The molecule has 0 aliphatic carbocycles. The summed E-state index contributed by atoms with van der Waals surface area (Å²) >= 11 is 0. The molecule has 0 saturated carbocycles. The van der Waals surface area contributed by atoms with E-state index in [-0.39, 0.29) is 6.10 Å². The van der Waals surface area contributed by atoms with Crippen molar-refractivity contribution in [2.75, 3.05) is 19.7 Å². The van der Waals surface area contributed by atoms with Crippen molar-refractivity contribution >= 4 is 11.8 Å². The second kappa shape index (κ2) is 7.22. The molecule has 0 bridgehead atoms. The van der Waals surface area contributed by atoms with Crippen molar-refractivity contribution < 1.29 is 14.3 Å². The minimum Gasteiger partial charge on any atom is -0.376 e. The van der Waals surface area contributed by atoms with Crippen LogP contribution in [0.3, 0.4) is 0 Å². The van der Waals surface area contributed by atoms with Crippen LogP contribution in [0.1, 0.15) is 32.6 Å². The highest BCUT2D eigenvalue weighted by atomic mass is 16.5. The molecule has 5 nitrogen and oxygen atoms in total. The summed E-state index contributed by atoms with van der Waals surface area (Å²) in [7, 11) is 0. The molecule has 1 fully saturated rings. The van der Waals surface area contributed by atoms with Crippen LogP contribution in [0.5, 0.6) is 0 Å².